The molecular weight excluding hydrogens is 271 g/mol. The largest absolute Gasteiger partial charge is 0.481 e. The second-order valence-corrected chi connectivity index (χ2v) is 3.67. The highest BCUT2D eigenvalue weighted by atomic mass is 35.5. The average molecular weight is 284 g/mol. The van der Waals surface area contributed by atoms with Crippen LogP contribution >= 0.6 is 12.4 Å². The average Bonchev–Trinajstić information content (AvgIpc) is 2.25. The second-order valence-electron chi connectivity index (χ2n) is 3.67. The molecule has 0 aliphatic rings. The number of alkyl halides is 3. The molecular formula is C11H13ClF3NO2. The van der Waals surface area contributed by atoms with Gasteiger partial charge in [-0.25, -0.2) is 0 Å². The van der Waals surface area contributed by atoms with Crippen LogP contribution in [0.4, 0.5) is 13.2 Å². The van der Waals surface area contributed by atoms with Crippen molar-refractivity contribution in [3.63, 3.8) is 0 Å². The van der Waals surface area contributed by atoms with Crippen molar-refractivity contribution in [2.45, 2.75) is 12.6 Å². The molecule has 0 amide bonds. The summed E-state index contributed by atoms with van der Waals surface area (Å²) in [7, 11) is 0. The summed E-state index contributed by atoms with van der Waals surface area (Å²) in [5.74, 6) is -1.82. The molecule has 1 rings (SSSR count). The van der Waals surface area contributed by atoms with Crippen LogP contribution in [0.5, 0.6) is 0 Å². The molecule has 0 aromatic heterocycles. The van der Waals surface area contributed by atoms with Gasteiger partial charge in [0, 0.05) is 6.54 Å². The molecule has 0 saturated carbocycles. The first-order valence-electron chi connectivity index (χ1n) is 4.93. The highest BCUT2D eigenvalue weighted by molar-refractivity contribution is 5.85. The van der Waals surface area contributed by atoms with E-state index in [1.165, 1.54) is 12.1 Å². The number of halogens is 4. The van der Waals surface area contributed by atoms with Crippen molar-refractivity contribution in [2.24, 2.45) is 11.7 Å². The zero-order chi connectivity index (χ0) is 13.1. The maximum Gasteiger partial charge on any atom is 0.416 e. The van der Waals surface area contributed by atoms with Gasteiger partial charge in [0.1, 0.15) is 0 Å². The van der Waals surface area contributed by atoms with E-state index in [-0.39, 0.29) is 25.4 Å². The molecule has 0 bridgehead atoms. The third-order valence-corrected chi connectivity index (χ3v) is 2.40. The van der Waals surface area contributed by atoms with Crippen LogP contribution in [0, 0.1) is 5.92 Å². The van der Waals surface area contributed by atoms with Gasteiger partial charge in [-0.2, -0.15) is 13.2 Å². The normalized spacial score (nSPS) is 12.7. The van der Waals surface area contributed by atoms with E-state index in [1.54, 1.807) is 0 Å². The van der Waals surface area contributed by atoms with Crippen LogP contribution in [0.3, 0.4) is 0 Å². The summed E-state index contributed by atoms with van der Waals surface area (Å²) in [5, 5.41) is 8.76. The molecule has 18 heavy (non-hydrogen) atoms. The molecule has 7 heteroatoms. The minimum Gasteiger partial charge on any atom is -0.481 e. The fourth-order valence-corrected chi connectivity index (χ4v) is 1.39. The van der Waals surface area contributed by atoms with Gasteiger partial charge in [-0.15, -0.1) is 12.4 Å². The van der Waals surface area contributed by atoms with Gasteiger partial charge in [0.15, 0.2) is 0 Å². The van der Waals surface area contributed by atoms with Gasteiger partial charge in [-0.05, 0) is 24.1 Å². The number of benzene rings is 1. The van der Waals surface area contributed by atoms with Gasteiger partial charge in [0.05, 0.1) is 11.5 Å². The molecule has 0 heterocycles. The summed E-state index contributed by atoms with van der Waals surface area (Å²) in [4.78, 5) is 10.7. The number of rotatable bonds is 4. The Balaban J connectivity index is 0.00000289. The van der Waals surface area contributed by atoms with Crippen LogP contribution in [-0.2, 0) is 17.4 Å². The third-order valence-electron chi connectivity index (χ3n) is 2.40. The summed E-state index contributed by atoms with van der Waals surface area (Å²) in [5.41, 5.74) is 5.03. The van der Waals surface area contributed by atoms with Gasteiger partial charge in [0.25, 0.3) is 0 Å². The molecule has 0 aliphatic heterocycles. The lowest BCUT2D eigenvalue weighted by Crippen LogP contribution is -2.25. The van der Waals surface area contributed by atoms with Crippen molar-refractivity contribution >= 4 is 18.4 Å². The zero-order valence-electron chi connectivity index (χ0n) is 9.28. The minimum atomic E-state index is -4.38. The van der Waals surface area contributed by atoms with E-state index in [2.05, 4.69) is 0 Å². The van der Waals surface area contributed by atoms with Gasteiger partial charge >= 0.3 is 12.1 Å². The number of carboxylic acid groups (broad SMARTS) is 1. The third kappa shape index (κ3) is 4.54. The Labute approximate surface area is 108 Å². The van der Waals surface area contributed by atoms with Crippen LogP contribution < -0.4 is 5.73 Å². The molecule has 0 radical (unpaired) electrons. The Morgan fingerprint density at radius 2 is 1.78 bits per heavy atom. The fraction of sp³-hybridized carbons (Fsp3) is 0.364. The Morgan fingerprint density at radius 3 is 2.11 bits per heavy atom. The number of carbonyl (C=O) groups is 1. The van der Waals surface area contributed by atoms with Gasteiger partial charge in [-0.1, -0.05) is 12.1 Å². The molecule has 1 atom stereocenters. The number of aliphatic carboxylic acids is 1. The Hall–Kier alpha value is -1.27. The van der Waals surface area contributed by atoms with Crippen molar-refractivity contribution < 1.29 is 23.1 Å². The second kappa shape index (κ2) is 6.61. The summed E-state index contributed by atoms with van der Waals surface area (Å²) in [6.45, 7) is -0.0453. The first-order valence-corrected chi connectivity index (χ1v) is 4.93. The van der Waals surface area contributed by atoms with Crippen LogP contribution in [0.2, 0.25) is 0 Å². The van der Waals surface area contributed by atoms with Gasteiger partial charge in [-0.3, -0.25) is 4.79 Å². The van der Waals surface area contributed by atoms with Crippen molar-refractivity contribution in [1.29, 1.82) is 0 Å². The van der Waals surface area contributed by atoms with Crippen molar-refractivity contribution in [3.8, 4) is 0 Å². The molecule has 1 aromatic carbocycles. The molecule has 3 N–H and O–H groups in total. The van der Waals surface area contributed by atoms with Gasteiger partial charge < -0.3 is 10.8 Å². The van der Waals surface area contributed by atoms with Gasteiger partial charge in [0.2, 0.25) is 0 Å². The van der Waals surface area contributed by atoms with Crippen molar-refractivity contribution in [3.05, 3.63) is 35.4 Å². The minimum absolute atomic E-state index is 0. The van der Waals surface area contributed by atoms with Crippen molar-refractivity contribution in [2.75, 3.05) is 6.54 Å². The van der Waals surface area contributed by atoms with E-state index in [0.29, 0.717) is 5.56 Å². The standard InChI is InChI=1S/C11H12F3NO2.ClH/c12-11(13,14)9-3-1-7(2-4-9)5-8(6-15)10(16)17;/h1-4,8H,5-6,15H2,(H,16,17);1H/t8-;/m1./s1. The molecule has 0 aliphatic carbocycles. The highest BCUT2D eigenvalue weighted by Gasteiger charge is 2.30. The SMILES string of the molecule is Cl.NC[C@@H](Cc1ccc(C(F)(F)F)cc1)C(=O)O. The molecule has 3 nitrogen and oxygen atoms in total. The van der Waals surface area contributed by atoms with Crippen LogP contribution in [0.15, 0.2) is 24.3 Å². The lowest BCUT2D eigenvalue weighted by atomic mass is 9.99. The highest BCUT2D eigenvalue weighted by Crippen LogP contribution is 2.29. The van der Waals surface area contributed by atoms with E-state index in [9.17, 15) is 18.0 Å². The molecule has 1 aromatic rings. The smallest absolute Gasteiger partial charge is 0.416 e. The van der Waals surface area contributed by atoms with E-state index in [4.69, 9.17) is 10.8 Å². The predicted octanol–water partition coefficient (Wildman–Crippen LogP) is 2.33. The number of nitrogens with two attached hydrogens (primary N) is 1. The van der Waals surface area contributed by atoms with E-state index >= 15 is 0 Å². The lowest BCUT2D eigenvalue weighted by molar-refractivity contribution is -0.141. The van der Waals surface area contributed by atoms with E-state index in [1.807, 2.05) is 0 Å². The molecule has 0 fully saturated rings. The Morgan fingerprint density at radius 1 is 1.28 bits per heavy atom. The van der Waals surface area contributed by atoms with Crippen LogP contribution in [0.1, 0.15) is 11.1 Å². The maximum absolute atomic E-state index is 12.3. The quantitative estimate of drug-likeness (QED) is 0.891. The van der Waals surface area contributed by atoms with E-state index < -0.39 is 23.6 Å². The summed E-state index contributed by atoms with van der Waals surface area (Å²) < 4.78 is 36.8. The monoisotopic (exact) mass is 283 g/mol. The predicted molar refractivity (Wildman–Crippen MR) is 62.6 cm³/mol. The van der Waals surface area contributed by atoms with Crippen molar-refractivity contribution in [1.82, 2.24) is 0 Å². The van der Waals surface area contributed by atoms with Crippen LogP contribution in [-0.4, -0.2) is 17.6 Å². The maximum atomic E-state index is 12.3. The van der Waals surface area contributed by atoms with E-state index in [0.717, 1.165) is 12.1 Å². The Bertz CT molecular complexity index is 392. The fourth-order valence-electron chi connectivity index (χ4n) is 1.39. The first kappa shape index (κ1) is 16.7. The zero-order valence-corrected chi connectivity index (χ0v) is 10.1. The number of carboxylic acids is 1. The number of hydrogen-bond acceptors (Lipinski definition) is 2. The summed E-state index contributed by atoms with van der Waals surface area (Å²) in [6, 6.07) is 4.42. The molecule has 0 spiro atoms. The topological polar surface area (TPSA) is 63.3 Å². The lowest BCUT2D eigenvalue weighted by Gasteiger charge is -2.11. The Kier molecular flexibility index (Phi) is 6.14. The molecule has 0 unspecified atom stereocenters. The molecule has 102 valence electrons. The van der Waals surface area contributed by atoms with Crippen LogP contribution in [0.25, 0.3) is 0 Å². The first-order chi connectivity index (χ1) is 7.84. The molecule has 0 saturated heterocycles. The number of hydrogen-bond donors (Lipinski definition) is 2. The summed E-state index contributed by atoms with van der Waals surface area (Å²) >= 11 is 0. The summed E-state index contributed by atoms with van der Waals surface area (Å²) in [6.07, 6.45) is -4.25.